The van der Waals surface area contributed by atoms with Crippen LogP contribution in [0.5, 0.6) is 0 Å². The Morgan fingerprint density at radius 3 is 3.10 bits per heavy atom. The number of fused-ring (bicyclic) bond motifs is 2. The molecular weight excluding hydrogens is 244 g/mol. The number of hydrogen-bond donors (Lipinski definition) is 1. The van der Waals surface area contributed by atoms with Crippen LogP contribution in [0.15, 0.2) is 36.0 Å². The maximum absolute atomic E-state index is 3.45. The predicted octanol–water partition coefficient (Wildman–Crippen LogP) is 3.85. The van der Waals surface area contributed by atoms with Gasteiger partial charge in [0.1, 0.15) is 0 Å². The van der Waals surface area contributed by atoms with Gasteiger partial charge in [-0.1, -0.05) is 30.7 Å². The molecule has 2 heteroatoms. The Bertz CT molecular complexity index is 680. The van der Waals surface area contributed by atoms with Crippen LogP contribution >= 0.6 is 0 Å². The monoisotopic (exact) mass is 266 g/mol. The number of H-pyrrole nitrogens is 1. The fraction of sp³-hybridized carbons (Fsp3) is 0.444. The molecule has 0 unspecified atom stereocenters. The average Bonchev–Trinajstić information content (AvgIpc) is 2.85. The Balaban J connectivity index is 1.87. The summed E-state index contributed by atoms with van der Waals surface area (Å²) in [6.45, 7) is 6.92. The Hall–Kier alpha value is -1.54. The Labute approximate surface area is 120 Å². The molecule has 4 rings (SSSR count). The summed E-state index contributed by atoms with van der Waals surface area (Å²) in [5, 5.41) is 1.48. The van der Waals surface area contributed by atoms with Gasteiger partial charge in [0.15, 0.2) is 0 Å². The lowest BCUT2D eigenvalue weighted by molar-refractivity contribution is 0.182. The van der Waals surface area contributed by atoms with Crippen molar-refractivity contribution >= 4 is 10.9 Å². The highest BCUT2D eigenvalue weighted by molar-refractivity contribution is 5.88. The summed E-state index contributed by atoms with van der Waals surface area (Å²) < 4.78 is 0. The summed E-state index contributed by atoms with van der Waals surface area (Å²) in [7, 11) is 0. The van der Waals surface area contributed by atoms with Gasteiger partial charge in [-0.15, -0.1) is 0 Å². The van der Waals surface area contributed by atoms with Gasteiger partial charge in [0.05, 0.1) is 0 Å². The second-order valence-corrected chi connectivity index (χ2v) is 6.36. The minimum Gasteiger partial charge on any atom is -0.361 e. The highest BCUT2D eigenvalue weighted by atomic mass is 15.2. The third kappa shape index (κ3) is 1.68. The zero-order valence-electron chi connectivity index (χ0n) is 12.3. The van der Waals surface area contributed by atoms with Gasteiger partial charge in [-0.2, -0.15) is 0 Å². The van der Waals surface area contributed by atoms with Crippen molar-refractivity contribution in [2.75, 3.05) is 13.1 Å². The predicted molar refractivity (Wildman–Crippen MR) is 84.2 cm³/mol. The first-order valence-electron chi connectivity index (χ1n) is 7.78. The summed E-state index contributed by atoms with van der Waals surface area (Å²) in [6.07, 6.45) is 7.16. The van der Waals surface area contributed by atoms with Gasteiger partial charge in [-0.25, -0.2) is 0 Å². The van der Waals surface area contributed by atoms with Crippen molar-refractivity contribution < 1.29 is 0 Å². The van der Waals surface area contributed by atoms with Crippen molar-refractivity contribution in [3.05, 3.63) is 47.2 Å². The average molecular weight is 266 g/mol. The minimum absolute atomic E-state index is 0.572. The SMILES string of the molecule is CCCN1CC(C)=C[C@@H]2c3cccc4[nH]cc(c34)C[C@H]21. The molecule has 2 aliphatic rings. The number of aromatic nitrogens is 1. The van der Waals surface area contributed by atoms with Crippen LogP contribution in [0, 0.1) is 0 Å². The zero-order valence-corrected chi connectivity index (χ0v) is 12.3. The van der Waals surface area contributed by atoms with Crippen LogP contribution in [0.4, 0.5) is 0 Å². The molecule has 1 N–H and O–H groups in total. The summed E-state index contributed by atoms with van der Waals surface area (Å²) in [4.78, 5) is 6.14. The molecule has 0 spiro atoms. The van der Waals surface area contributed by atoms with Crippen LogP contribution in [-0.2, 0) is 6.42 Å². The van der Waals surface area contributed by atoms with Crippen molar-refractivity contribution in [3.8, 4) is 0 Å². The first-order chi connectivity index (χ1) is 9.78. The van der Waals surface area contributed by atoms with Crippen LogP contribution in [0.2, 0.25) is 0 Å². The molecule has 0 amide bonds. The molecule has 0 saturated heterocycles. The molecular formula is C18H22N2. The lowest BCUT2D eigenvalue weighted by atomic mass is 9.76. The van der Waals surface area contributed by atoms with E-state index in [1.807, 2.05) is 0 Å². The summed E-state index contributed by atoms with van der Waals surface area (Å²) >= 11 is 0. The Kier molecular flexibility index (Phi) is 2.74. The van der Waals surface area contributed by atoms with Gasteiger partial charge in [-0.3, -0.25) is 4.90 Å². The summed E-state index contributed by atoms with van der Waals surface area (Å²) in [6, 6.07) is 7.37. The normalized spacial score (nSPS) is 25.6. The first kappa shape index (κ1) is 12.2. The van der Waals surface area contributed by atoms with Crippen molar-refractivity contribution in [3.63, 3.8) is 0 Å². The van der Waals surface area contributed by atoms with Gasteiger partial charge >= 0.3 is 0 Å². The number of aromatic amines is 1. The third-order valence-corrected chi connectivity index (χ3v) is 4.92. The fourth-order valence-electron chi connectivity index (χ4n) is 4.17. The van der Waals surface area contributed by atoms with Crippen molar-refractivity contribution in [1.29, 1.82) is 0 Å². The van der Waals surface area contributed by atoms with E-state index in [1.165, 1.54) is 47.0 Å². The molecule has 2 aromatic rings. The van der Waals surface area contributed by atoms with E-state index in [2.05, 4.69) is 54.2 Å². The lowest BCUT2D eigenvalue weighted by Gasteiger charge is -2.42. The molecule has 104 valence electrons. The molecule has 0 bridgehead atoms. The maximum atomic E-state index is 3.45. The van der Waals surface area contributed by atoms with E-state index in [0.29, 0.717) is 12.0 Å². The Morgan fingerprint density at radius 1 is 1.35 bits per heavy atom. The fourth-order valence-corrected chi connectivity index (χ4v) is 4.17. The van der Waals surface area contributed by atoms with Gasteiger partial charge in [0.2, 0.25) is 0 Å². The lowest BCUT2D eigenvalue weighted by Crippen LogP contribution is -2.46. The molecule has 20 heavy (non-hydrogen) atoms. The van der Waals surface area contributed by atoms with Crippen LogP contribution in [0.1, 0.15) is 37.3 Å². The third-order valence-electron chi connectivity index (χ3n) is 4.92. The maximum Gasteiger partial charge on any atom is 0.0459 e. The molecule has 1 aliphatic heterocycles. The minimum atomic E-state index is 0.572. The second kappa shape index (κ2) is 4.49. The molecule has 0 fully saturated rings. The number of nitrogens with zero attached hydrogens (tertiary/aromatic N) is 1. The number of benzene rings is 1. The second-order valence-electron chi connectivity index (χ2n) is 6.36. The quantitative estimate of drug-likeness (QED) is 0.818. The van der Waals surface area contributed by atoms with E-state index in [-0.39, 0.29) is 0 Å². The zero-order chi connectivity index (χ0) is 13.7. The van der Waals surface area contributed by atoms with Crippen LogP contribution in [0.3, 0.4) is 0 Å². The molecule has 2 atom stereocenters. The van der Waals surface area contributed by atoms with Crippen molar-refractivity contribution in [2.45, 2.75) is 38.6 Å². The summed E-state index contributed by atoms with van der Waals surface area (Å²) in [5.41, 5.74) is 5.85. The molecule has 1 aliphatic carbocycles. The van der Waals surface area contributed by atoms with E-state index in [0.717, 1.165) is 6.54 Å². The molecule has 1 aromatic carbocycles. The molecule has 1 aromatic heterocycles. The summed E-state index contributed by atoms with van der Waals surface area (Å²) in [5.74, 6) is 0.572. The van der Waals surface area contributed by atoms with E-state index in [4.69, 9.17) is 0 Å². The van der Waals surface area contributed by atoms with E-state index in [9.17, 15) is 0 Å². The molecule has 0 saturated carbocycles. The van der Waals surface area contributed by atoms with Crippen LogP contribution in [0.25, 0.3) is 10.9 Å². The largest absolute Gasteiger partial charge is 0.361 e. The molecule has 2 nitrogen and oxygen atoms in total. The first-order valence-corrected chi connectivity index (χ1v) is 7.78. The molecule has 0 radical (unpaired) electrons. The number of nitrogens with one attached hydrogen (secondary N) is 1. The van der Waals surface area contributed by atoms with Gasteiger partial charge in [0.25, 0.3) is 0 Å². The van der Waals surface area contributed by atoms with Crippen LogP contribution < -0.4 is 0 Å². The smallest absolute Gasteiger partial charge is 0.0459 e. The Morgan fingerprint density at radius 2 is 2.25 bits per heavy atom. The van der Waals surface area contributed by atoms with E-state index < -0.39 is 0 Å². The highest BCUT2D eigenvalue weighted by Crippen LogP contribution is 2.42. The van der Waals surface area contributed by atoms with Gasteiger partial charge in [0, 0.05) is 35.6 Å². The number of rotatable bonds is 2. The van der Waals surface area contributed by atoms with Gasteiger partial charge in [-0.05, 0) is 43.5 Å². The number of hydrogen-bond acceptors (Lipinski definition) is 1. The van der Waals surface area contributed by atoms with E-state index in [1.54, 1.807) is 0 Å². The highest BCUT2D eigenvalue weighted by Gasteiger charge is 2.35. The van der Waals surface area contributed by atoms with E-state index >= 15 is 0 Å². The van der Waals surface area contributed by atoms with Crippen molar-refractivity contribution in [2.24, 2.45) is 0 Å². The van der Waals surface area contributed by atoms with Crippen LogP contribution in [-0.4, -0.2) is 29.0 Å². The molecule has 2 heterocycles. The topological polar surface area (TPSA) is 19.0 Å². The standard InChI is InChI=1S/C18H22N2/c1-3-7-20-11-12(2)8-15-14-5-4-6-16-18(14)13(10-19-16)9-17(15)20/h4-6,8,10,15,17,19H,3,7,9,11H2,1-2H3/t15-,17-/m1/s1. The van der Waals surface area contributed by atoms with Gasteiger partial charge < -0.3 is 4.98 Å². The van der Waals surface area contributed by atoms with Crippen molar-refractivity contribution in [1.82, 2.24) is 9.88 Å².